The number of nitriles is 1. The number of anilines is 1. The van der Waals surface area contributed by atoms with E-state index in [4.69, 9.17) is 5.26 Å². The van der Waals surface area contributed by atoms with E-state index in [2.05, 4.69) is 5.32 Å². The van der Waals surface area contributed by atoms with Crippen LogP contribution in [0.5, 0.6) is 0 Å². The van der Waals surface area contributed by atoms with Gasteiger partial charge in [-0.05, 0) is 24.1 Å². The SMILES string of the molecule is CC1CNC(=O)C(CC#N)N(c2cccc(F)c2)C1. The molecule has 1 aliphatic rings. The smallest absolute Gasteiger partial charge is 0.243 e. The first kappa shape index (κ1) is 13.3. The molecule has 1 saturated heterocycles. The first-order chi connectivity index (χ1) is 9.11. The van der Waals surface area contributed by atoms with Gasteiger partial charge in [-0.25, -0.2) is 4.39 Å². The highest BCUT2D eigenvalue weighted by Crippen LogP contribution is 2.23. The van der Waals surface area contributed by atoms with Crippen LogP contribution in [0.15, 0.2) is 24.3 Å². The van der Waals surface area contributed by atoms with Gasteiger partial charge in [-0.2, -0.15) is 5.26 Å². The third kappa shape index (κ3) is 3.02. The summed E-state index contributed by atoms with van der Waals surface area (Å²) in [6.07, 6.45) is 0.0923. The van der Waals surface area contributed by atoms with Gasteiger partial charge in [0.05, 0.1) is 12.5 Å². The number of rotatable bonds is 2. The molecule has 2 rings (SSSR count). The van der Waals surface area contributed by atoms with Crippen molar-refractivity contribution in [2.75, 3.05) is 18.0 Å². The Morgan fingerprint density at radius 1 is 1.58 bits per heavy atom. The van der Waals surface area contributed by atoms with Gasteiger partial charge >= 0.3 is 0 Å². The van der Waals surface area contributed by atoms with Gasteiger partial charge < -0.3 is 10.2 Å². The Bertz CT molecular complexity index is 512. The van der Waals surface area contributed by atoms with Crippen LogP contribution in [0.3, 0.4) is 0 Å². The molecule has 0 radical (unpaired) electrons. The Morgan fingerprint density at radius 3 is 3.05 bits per heavy atom. The Labute approximate surface area is 111 Å². The molecule has 1 amide bonds. The van der Waals surface area contributed by atoms with Crippen LogP contribution in [-0.2, 0) is 4.79 Å². The van der Waals surface area contributed by atoms with Gasteiger partial charge in [0.15, 0.2) is 0 Å². The molecule has 100 valence electrons. The molecule has 1 aromatic rings. The van der Waals surface area contributed by atoms with Crippen molar-refractivity contribution in [3.05, 3.63) is 30.1 Å². The maximum absolute atomic E-state index is 13.3. The summed E-state index contributed by atoms with van der Waals surface area (Å²) in [5, 5.41) is 11.7. The van der Waals surface area contributed by atoms with Gasteiger partial charge in [0.1, 0.15) is 11.9 Å². The van der Waals surface area contributed by atoms with Gasteiger partial charge in [0.2, 0.25) is 5.91 Å². The van der Waals surface area contributed by atoms with Gasteiger partial charge in [0.25, 0.3) is 0 Å². The van der Waals surface area contributed by atoms with Crippen LogP contribution >= 0.6 is 0 Å². The minimum atomic E-state index is -0.559. The molecule has 1 N–H and O–H groups in total. The third-order valence-electron chi connectivity index (χ3n) is 3.24. The summed E-state index contributed by atoms with van der Waals surface area (Å²) in [6.45, 7) is 3.21. The van der Waals surface area contributed by atoms with E-state index in [1.165, 1.54) is 12.1 Å². The highest BCUT2D eigenvalue weighted by molar-refractivity contribution is 5.86. The molecule has 0 spiro atoms. The summed E-state index contributed by atoms with van der Waals surface area (Å²) in [5.41, 5.74) is 0.643. The molecule has 0 saturated carbocycles. The zero-order valence-corrected chi connectivity index (χ0v) is 10.8. The fourth-order valence-corrected chi connectivity index (χ4v) is 2.29. The van der Waals surface area contributed by atoms with E-state index >= 15 is 0 Å². The average molecular weight is 261 g/mol. The number of hydrogen-bond donors (Lipinski definition) is 1. The fraction of sp³-hybridized carbons (Fsp3) is 0.429. The highest BCUT2D eigenvalue weighted by atomic mass is 19.1. The second-order valence-corrected chi connectivity index (χ2v) is 4.86. The van der Waals surface area contributed by atoms with Crippen molar-refractivity contribution in [1.82, 2.24) is 5.32 Å². The molecule has 0 bridgehead atoms. The molecule has 0 aromatic heterocycles. The van der Waals surface area contributed by atoms with Crippen LogP contribution in [0.1, 0.15) is 13.3 Å². The predicted molar refractivity (Wildman–Crippen MR) is 69.9 cm³/mol. The van der Waals surface area contributed by atoms with Gasteiger partial charge in [-0.3, -0.25) is 4.79 Å². The summed E-state index contributed by atoms with van der Waals surface area (Å²) < 4.78 is 13.3. The summed E-state index contributed by atoms with van der Waals surface area (Å²) >= 11 is 0. The number of nitrogens with one attached hydrogen (secondary N) is 1. The van der Waals surface area contributed by atoms with Crippen LogP contribution in [0.2, 0.25) is 0 Å². The molecule has 19 heavy (non-hydrogen) atoms. The normalized spacial score (nSPS) is 23.4. The van der Waals surface area contributed by atoms with E-state index < -0.39 is 6.04 Å². The average Bonchev–Trinajstić information content (AvgIpc) is 2.52. The Balaban J connectivity index is 2.36. The molecular weight excluding hydrogens is 245 g/mol. The second kappa shape index (κ2) is 5.70. The molecule has 1 aromatic carbocycles. The number of carbonyl (C=O) groups excluding carboxylic acids is 1. The standard InChI is InChI=1S/C14H16FN3O/c1-10-8-17-14(19)13(5-6-16)18(9-10)12-4-2-3-11(15)7-12/h2-4,7,10,13H,5,8-9H2,1H3,(H,17,19). The number of nitrogens with zero attached hydrogens (tertiary/aromatic N) is 2. The molecule has 5 heteroatoms. The molecule has 2 atom stereocenters. The zero-order valence-electron chi connectivity index (χ0n) is 10.8. The first-order valence-electron chi connectivity index (χ1n) is 6.28. The lowest BCUT2D eigenvalue weighted by molar-refractivity contribution is -0.122. The molecule has 2 unspecified atom stereocenters. The Kier molecular flexibility index (Phi) is 4.00. The molecule has 0 aliphatic carbocycles. The lowest BCUT2D eigenvalue weighted by atomic mass is 10.1. The highest BCUT2D eigenvalue weighted by Gasteiger charge is 2.30. The quantitative estimate of drug-likeness (QED) is 0.881. The van der Waals surface area contributed by atoms with Gasteiger partial charge in [-0.1, -0.05) is 13.0 Å². The maximum atomic E-state index is 13.3. The molecule has 4 nitrogen and oxygen atoms in total. The van der Waals surface area contributed by atoms with Crippen molar-refractivity contribution >= 4 is 11.6 Å². The minimum absolute atomic E-state index is 0.0923. The third-order valence-corrected chi connectivity index (χ3v) is 3.24. The summed E-state index contributed by atoms with van der Waals surface area (Å²) in [6, 6.07) is 7.61. The number of amides is 1. The lowest BCUT2D eigenvalue weighted by Gasteiger charge is -2.30. The second-order valence-electron chi connectivity index (χ2n) is 4.86. The van der Waals surface area contributed by atoms with Crippen LogP contribution in [0.25, 0.3) is 0 Å². The van der Waals surface area contributed by atoms with E-state index in [-0.39, 0.29) is 24.1 Å². The number of carbonyl (C=O) groups is 1. The molecule has 1 fully saturated rings. The van der Waals surface area contributed by atoms with Crippen molar-refractivity contribution in [3.63, 3.8) is 0 Å². The van der Waals surface area contributed by atoms with E-state index in [0.717, 1.165) is 0 Å². The molecule has 1 aliphatic heterocycles. The van der Waals surface area contributed by atoms with Gasteiger partial charge in [0, 0.05) is 18.8 Å². The minimum Gasteiger partial charge on any atom is -0.358 e. The van der Waals surface area contributed by atoms with Crippen LogP contribution in [0.4, 0.5) is 10.1 Å². The van der Waals surface area contributed by atoms with Crippen LogP contribution in [0, 0.1) is 23.1 Å². The first-order valence-corrected chi connectivity index (χ1v) is 6.28. The Morgan fingerprint density at radius 2 is 2.37 bits per heavy atom. The van der Waals surface area contributed by atoms with E-state index in [9.17, 15) is 9.18 Å². The zero-order chi connectivity index (χ0) is 13.8. The summed E-state index contributed by atoms with van der Waals surface area (Å²) in [4.78, 5) is 13.8. The van der Waals surface area contributed by atoms with E-state index in [1.54, 1.807) is 12.1 Å². The summed E-state index contributed by atoms with van der Waals surface area (Å²) in [5.74, 6) is -0.267. The van der Waals surface area contributed by atoms with Crippen molar-refractivity contribution in [2.45, 2.75) is 19.4 Å². The number of hydrogen-bond acceptors (Lipinski definition) is 3. The van der Waals surface area contributed by atoms with E-state index in [1.807, 2.05) is 17.9 Å². The summed E-state index contributed by atoms with van der Waals surface area (Å²) in [7, 11) is 0. The molecular formula is C14H16FN3O. The van der Waals surface area contributed by atoms with Crippen LogP contribution < -0.4 is 10.2 Å². The van der Waals surface area contributed by atoms with Crippen molar-refractivity contribution in [2.24, 2.45) is 5.92 Å². The lowest BCUT2D eigenvalue weighted by Crippen LogP contribution is -2.44. The fourth-order valence-electron chi connectivity index (χ4n) is 2.29. The van der Waals surface area contributed by atoms with Crippen molar-refractivity contribution < 1.29 is 9.18 Å². The predicted octanol–water partition coefficient (Wildman–Crippen LogP) is 1.68. The van der Waals surface area contributed by atoms with E-state index in [0.29, 0.717) is 18.8 Å². The maximum Gasteiger partial charge on any atom is 0.243 e. The van der Waals surface area contributed by atoms with Crippen molar-refractivity contribution in [3.8, 4) is 6.07 Å². The number of benzene rings is 1. The molecule has 1 heterocycles. The topological polar surface area (TPSA) is 56.1 Å². The monoisotopic (exact) mass is 261 g/mol. The van der Waals surface area contributed by atoms with Crippen LogP contribution in [-0.4, -0.2) is 25.0 Å². The van der Waals surface area contributed by atoms with Gasteiger partial charge in [-0.15, -0.1) is 0 Å². The Hall–Kier alpha value is -2.09. The largest absolute Gasteiger partial charge is 0.358 e. The number of halogens is 1. The van der Waals surface area contributed by atoms with Crippen molar-refractivity contribution in [1.29, 1.82) is 5.26 Å².